The van der Waals surface area contributed by atoms with Crippen molar-refractivity contribution in [2.45, 2.75) is 4.90 Å². The number of carbonyl (C=O) groups is 1. The van der Waals surface area contributed by atoms with E-state index >= 15 is 0 Å². The summed E-state index contributed by atoms with van der Waals surface area (Å²) < 4.78 is 12.1. The highest BCUT2D eigenvalue weighted by Gasteiger charge is 2.14. The van der Waals surface area contributed by atoms with Gasteiger partial charge in [0.1, 0.15) is 0 Å². The number of hydrogen-bond acceptors (Lipinski definition) is 2. The van der Waals surface area contributed by atoms with E-state index in [1.807, 2.05) is 0 Å². The van der Waals surface area contributed by atoms with Crippen LogP contribution in [0.1, 0.15) is 10.4 Å². The lowest BCUT2D eigenvalue weighted by atomic mass is 10.1. The van der Waals surface area contributed by atoms with Crippen LogP contribution in [-0.4, -0.2) is 15.7 Å². The van der Waals surface area contributed by atoms with Crippen LogP contribution in [0.15, 0.2) is 53.4 Å². The molecule has 0 amide bonds. The lowest BCUT2D eigenvalue weighted by molar-refractivity contribution is 0.102. The molecule has 0 radical (unpaired) electrons. The third-order valence-corrected chi connectivity index (χ3v) is 4.42. The van der Waals surface area contributed by atoms with Gasteiger partial charge in [-0.25, -0.2) is 0 Å². The molecule has 0 N–H and O–H groups in total. The quantitative estimate of drug-likeness (QED) is 0.800. The predicted molar refractivity (Wildman–Crippen MR) is 78.5 cm³/mol. The molecule has 0 fully saturated rings. The highest BCUT2D eigenvalue weighted by molar-refractivity contribution is 7.85. The normalized spacial score (nSPS) is 12.1. The fourth-order valence-corrected chi connectivity index (χ4v) is 2.92. The molecule has 0 aromatic heterocycles. The summed E-state index contributed by atoms with van der Waals surface area (Å²) in [5, 5.41) is 0.943. The van der Waals surface area contributed by atoms with Gasteiger partial charge in [-0.3, -0.25) is 9.00 Å². The molecule has 19 heavy (non-hydrogen) atoms. The van der Waals surface area contributed by atoms with Crippen LogP contribution in [0.2, 0.25) is 10.0 Å². The minimum atomic E-state index is -1.40. The summed E-state index contributed by atoms with van der Waals surface area (Å²) in [7, 11) is -1.40. The van der Waals surface area contributed by atoms with E-state index in [0.717, 1.165) is 0 Å². The lowest BCUT2D eigenvalue weighted by Crippen LogP contribution is -2.11. The van der Waals surface area contributed by atoms with Gasteiger partial charge in [0.2, 0.25) is 0 Å². The van der Waals surface area contributed by atoms with Gasteiger partial charge < -0.3 is 0 Å². The van der Waals surface area contributed by atoms with Gasteiger partial charge >= 0.3 is 0 Å². The maximum Gasteiger partial charge on any atom is 0.177 e. The minimum Gasteiger partial charge on any atom is -0.293 e. The van der Waals surface area contributed by atoms with E-state index in [1.165, 1.54) is 0 Å². The zero-order valence-corrected chi connectivity index (χ0v) is 12.1. The second-order valence-electron chi connectivity index (χ2n) is 3.85. The van der Waals surface area contributed by atoms with Crippen molar-refractivity contribution in [1.29, 1.82) is 0 Å². The molecule has 0 spiro atoms. The molecule has 5 heteroatoms. The van der Waals surface area contributed by atoms with Crippen molar-refractivity contribution in [2.24, 2.45) is 0 Å². The standard InChI is InChI=1S/C14H10Cl2O2S/c15-10-5-7-11(8-6-10)19(18)9-14(17)12-3-1-2-4-13(12)16/h1-8H,9H2. The van der Waals surface area contributed by atoms with Crippen molar-refractivity contribution in [3.8, 4) is 0 Å². The van der Waals surface area contributed by atoms with Crippen LogP contribution in [0, 0.1) is 0 Å². The third kappa shape index (κ3) is 3.66. The molecule has 0 heterocycles. The number of ketones is 1. The second-order valence-corrected chi connectivity index (χ2v) is 6.14. The Bertz CT molecular complexity index is 624. The van der Waals surface area contributed by atoms with E-state index in [0.29, 0.717) is 20.5 Å². The molecule has 1 unspecified atom stereocenters. The highest BCUT2D eigenvalue weighted by Crippen LogP contribution is 2.18. The molecule has 2 rings (SSSR count). The molecule has 0 aliphatic heterocycles. The van der Waals surface area contributed by atoms with Crippen molar-refractivity contribution in [2.75, 3.05) is 5.75 Å². The summed E-state index contributed by atoms with van der Waals surface area (Å²) in [6.45, 7) is 0. The fourth-order valence-electron chi connectivity index (χ4n) is 1.55. The predicted octanol–water partition coefficient (Wildman–Crippen LogP) is 3.98. The smallest absolute Gasteiger partial charge is 0.177 e. The number of halogens is 2. The Balaban J connectivity index is 2.13. The molecule has 2 nitrogen and oxygen atoms in total. The first-order valence-corrected chi connectivity index (χ1v) is 7.57. The first-order chi connectivity index (χ1) is 9.08. The van der Waals surface area contributed by atoms with Gasteiger partial charge in [-0.05, 0) is 36.4 Å². The molecule has 0 saturated heterocycles. The molecule has 0 bridgehead atoms. The van der Waals surface area contributed by atoms with E-state index in [1.54, 1.807) is 48.5 Å². The van der Waals surface area contributed by atoms with Gasteiger partial charge in [-0.15, -0.1) is 0 Å². The van der Waals surface area contributed by atoms with Gasteiger partial charge in [0.15, 0.2) is 5.78 Å². The van der Waals surface area contributed by atoms with Gasteiger partial charge in [0, 0.05) is 15.5 Å². The first kappa shape index (κ1) is 14.3. The number of rotatable bonds is 4. The van der Waals surface area contributed by atoms with Crippen molar-refractivity contribution in [3.05, 3.63) is 64.1 Å². The number of benzene rings is 2. The van der Waals surface area contributed by atoms with Gasteiger partial charge in [-0.2, -0.15) is 0 Å². The van der Waals surface area contributed by atoms with E-state index < -0.39 is 10.8 Å². The topological polar surface area (TPSA) is 34.1 Å². The molecule has 0 aliphatic carbocycles. The molecule has 1 atom stereocenters. The third-order valence-electron chi connectivity index (χ3n) is 2.51. The van der Waals surface area contributed by atoms with E-state index in [9.17, 15) is 9.00 Å². The SMILES string of the molecule is O=C(CS(=O)c1ccc(Cl)cc1)c1ccccc1Cl. The summed E-state index contributed by atoms with van der Waals surface area (Å²) in [6.07, 6.45) is 0. The van der Waals surface area contributed by atoms with Crippen LogP contribution in [0.4, 0.5) is 0 Å². The average molecular weight is 313 g/mol. The van der Waals surface area contributed by atoms with Crippen LogP contribution in [0.3, 0.4) is 0 Å². The maximum absolute atomic E-state index is 12.1. The monoisotopic (exact) mass is 312 g/mol. The summed E-state index contributed by atoms with van der Waals surface area (Å²) in [5.41, 5.74) is 0.395. The second kappa shape index (κ2) is 6.33. The Morgan fingerprint density at radius 2 is 1.63 bits per heavy atom. The van der Waals surface area contributed by atoms with Gasteiger partial charge in [0.25, 0.3) is 0 Å². The largest absolute Gasteiger partial charge is 0.293 e. The van der Waals surface area contributed by atoms with E-state index in [4.69, 9.17) is 23.2 Å². The molecule has 98 valence electrons. The Kier molecular flexibility index (Phi) is 4.75. The summed E-state index contributed by atoms with van der Waals surface area (Å²) >= 11 is 11.7. The average Bonchev–Trinajstić information content (AvgIpc) is 2.39. The van der Waals surface area contributed by atoms with Crippen molar-refractivity contribution >= 4 is 39.8 Å². The maximum atomic E-state index is 12.1. The highest BCUT2D eigenvalue weighted by atomic mass is 35.5. The zero-order chi connectivity index (χ0) is 13.8. The number of carbonyl (C=O) groups excluding carboxylic acids is 1. The molecular weight excluding hydrogens is 303 g/mol. The summed E-state index contributed by atoms with van der Waals surface area (Å²) in [5.74, 6) is -0.329. The first-order valence-electron chi connectivity index (χ1n) is 5.49. The Hall–Kier alpha value is -1.16. The molecular formula is C14H10Cl2O2S. The Morgan fingerprint density at radius 1 is 1.00 bits per heavy atom. The fraction of sp³-hybridized carbons (Fsp3) is 0.0714. The Morgan fingerprint density at radius 3 is 2.26 bits per heavy atom. The van der Waals surface area contributed by atoms with Crippen LogP contribution in [0.25, 0.3) is 0 Å². The van der Waals surface area contributed by atoms with Gasteiger partial charge in [0.05, 0.1) is 21.6 Å². The number of Topliss-reactive ketones (excluding diaryl/α,β-unsaturated/α-hetero) is 1. The molecule has 2 aromatic carbocycles. The number of hydrogen-bond donors (Lipinski definition) is 0. The Labute approximate surface area is 123 Å². The molecule has 0 saturated carbocycles. The van der Waals surface area contributed by atoms with Crippen molar-refractivity contribution < 1.29 is 9.00 Å². The van der Waals surface area contributed by atoms with Crippen molar-refractivity contribution in [3.63, 3.8) is 0 Å². The van der Waals surface area contributed by atoms with E-state index in [2.05, 4.69) is 0 Å². The minimum absolute atomic E-state index is 0.0919. The lowest BCUT2D eigenvalue weighted by Gasteiger charge is -2.04. The zero-order valence-electron chi connectivity index (χ0n) is 9.81. The van der Waals surface area contributed by atoms with Crippen LogP contribution in [-0.2, 0) is 10.8 Å². The molecule has 2 aromatic rings. The van der Waals surface area contributed by atoms with Crippen molar-refractivity contribution in [1.82, 2.24) is 0 Å². The summed E-state index contributed by atoms with van der Waals surface area (Å²) in [4.78, 5) is 12.6. The van der Waals surface area contributed by atoms with Gasteiger partial charge in [-0.1, -0.05) is 35.3 Å². The van der Waals surface area contributed by atoms with Crippen LogP contribution in [0.5, 0.6) is 0 Å². The van der Waals surface area contributed by atoms with E-state index in [-0.39, 0.29) is 11.5 Å². The van der Waals surface area contributed by atoms with Crippen LogP contribution < -0.4 is 0 Å². The summed E-state index contributed by atoms with van der Waals surface area (Å²) in [6, 6.07) is 13.3. The molecule has 0 aliphatic rings. The van der Waals surface area contributed by atoms with Crippen LogP contribution >= 0.6 is 23.2 Å².